The van der Waals surface area contributed by atoms with Gasteiger partial charge in [-0.25, -0.2) is 9.82 Å². The maximum absolute atomic E-state index is 12.9. The Morgan fingerprint density at radius 2 is 2.00 bits per heavy atom. The smallest absolute Gasteiger partial charge is 0.226 e. The number of aromatic nitrogens is 2. The molecule has 22 heavy (non-hydrogen) atoms. The third kappa shape index (κ3) is 2.43. The van der Waals surface area contributed by atoms with Gasteiger partial charge in [0, 0.05) is 13.1 Å². The lowest BCUT2D eigenvalue weighted by molar-refractivity contribution is 0.575. The molecule has 4 rings (SSSR count). The predicted octanol–water partition coefficient (Wildman–Crippen LogP) is 2.06. The molecule has 0 amide bonds. The highest BCUT2D eigenvalue weighted by Crippen LogP contribution is 2.37. The fourth-order valence-electron chi connectivity index (χ4n) is 2.86. The summed E-state index contributed by atoms with van der Waals surface area (Å²) in [6, 6.07) is 6.83. The Labute approximate surface area is 127 Å². The highest BCUT2D eigenvalue weighted by molar-refractivity contribution is 5.66. The van der Waals surface area contributed by atoms with Crippen LogP contribution in [-0.2, 0) is 6.42 Å². The first-order valence-corrected chi connectivity index (χ1v) is 7.45. The highest BCUT2D eigenvalue weighted by atomic mass is 19.1. The van der Waals surface area contributed by atoms with Crippen molar-refractivity contribution >= 4 is 17.6 Å². The Bertz CT molecular complexity index is 687. The van der Waals surface area contributed by atoms with Crippen LogP contribution < -0.4 is 21.5 Å². The van der Waals surface area contributed by atoms with Crippen LogP contribution in [0.4, 0.5) is 22.0 Å². The summed E-state index contributed by atoms with van der Waals surface area (Å²) >= 11 is 0. The number of nitrogens with zero attached hydrogens (tertiary/aromatic N) is 2. The SMILES string of the molecule is Fc1ccc(CCNc2nc3c4c(n2)NNC4CCN3)cc1. The largest absolute Gasteiger partial charge is 0.369 e. The molecule has 0 aliphatic carbocycles. The van der Waals surface area contributed by atoms with Gasteiger partial charge < -0.3 is 16.1 Å². The first-order valence-electron chi connectivity index (χ1n) is 7.45. The molecule has 7 heteroatoms. The number of halogens is 1. The minimum atomic E-state index is -0.211. The summed E-state index contributed by atoms with van der Waals surface area (Å²) in [5.41, 5.74) is 8.54. The molecule has 114 valence electrons. The Morgan fingerprint density at radius 3 is 2.86 bits per heavy atom. The van der Waals surface area contributed by atoms with Crippen LogP contribution in [0, 0.1) is 5.82 Å². The van der Waals surface area contributed by atoms with Gasteiger partial charge in [0.05, 0.1) is 11.6 Å². The van der Waals surface area contributed by atoms with Crippen LogP contribution >= 0.6 is 0 Å². The van der Waals surface area contributed by atoms with Gasteiger partial charge in [-0.3, -0.25) is 0 Å². The second-order valence-corrected chi connectivity index (χ2v) is 5.50. The molecule has 1 atom stereocenters. The van der Waals surface area contributed by atoms with Crippen LogP contribution in [0.25, 0.3) is 0 Å². The van der Waals surface area contributed by atoms with Gasteiger partial charge in [-0.15, -0.1) is 0 Å². The average Bonchev–Trinajstić information content (AvgIpc) is 2.94. The standard InChI is InChI=1S/C15H17FN6/c16-10-3-1-9(2-4-10)5-7-18-15-19-13-12-11(6-8-17-13)21-22-14(12)20-15/h1-4,11,21H,5-8H2,(H3,17,18,19,20,22). The average molecular weight is 300 g/mol. The Morgan fingerprint density at radius 1 is 1.18 bits per heavy atom. The van der Waals surface area contributed by atoms with E-state index in [0.717, 1.165) is 42.1 Å². The van der Waals surface area contributed by atoms with Crippen molar-refractivity contribution in [2.45, 2.75) is 18.9 Å². The molecule has 6 nitrogen and oxygen atoms in total. The lowest BCUT2D eigenvalue weighted by Crippen LogP contribution is -2.24. The summed E-state index contributed by atoms with van der Waals surface area (Å²) in [7, 11) is 0. The van der Waals surface area contributed by atoms with Gasteiger partial charge >= 0.3 is 0 Å². The summed E-state index contributed by atoms with van der Waals surface area (Å²) in [5, 5.41) is 6.54. The number of anilines is 3. The zero-order chi connectivity index (χ0) is 14.9. The molecule has 4 N–H and O–H groups in total. The molecule has 0 radical (unpaired) electrons. The molecule has 1 aromatic carbocycles. The third-order valence-corrected chi connectivity index (χ3v) is 3.99. The number of hydrazine groups is 1. The molecule has 0 spiro atoms. The summed E-state index contributed by atoms with van der Waals surface area (Å²) in [4.78, 5) is 9.03. The van der Waals surface area contributed by atoms with Gasteiger partial charge in [0.15, 0.2) is 5.82 Å². The number of rotatable bonds is 4. The first-order chi connectivity index (χ1) is 10.8. The lowest BCUT2D eigenvalue weighted by Gasteiger charge is -2.20. The van der Waals surface area contributed by atoms with Gasteiger partial charge in [-0.05, 0) is 30.5 Å². The van der Waals surface area contributed by atoms with Gasteiger partial charge in [-0.1, -0.05) is 12.1 Å². The van der Waals surface area contributed by atoms with E-state index in [1.807, 2.05) is 0 Å². The molecule has 2 aliphatic heterocycles. The summed E-state index contributed by atoms with van der Waals surface area (Å²) in [6.45, 7) is 1.60. The fourth-order valence-corrected chi connectivity index (χ4v) is 2.86. The van der Waals surface area contributed by atoms with Gasteiger partial charge in [0.25, 0.3) is 0 Å². The van der Waals surface area contributed by atoms with Crippen molar-refractivity contribution in [1.82, 2.24) is 15.4 Å². The maximum atomic E-state index is 12.9. The second kappa shape index (κ2) is 5.42. The third-order valence-electron chi connectivity index (χ3n) is 3.99. The van der Waals surface area contributed by atoms with Crippen LogP contribution in [0.1, 0.15) is 23.6 Å². The molecule has 2 aromatic rings. The van der Waals surface area contributed by atoms with Gasteiger partial charge in [0.2, 0.25) is 5.95 Å². The van der Waals surface area contributed by atoms with Crippen molar-refractivity contribution in [1.29, 1.82) is 0 Å². The van der Waals surface area contributed by atoms with E-state index in [1.165, 1.54) is 12.1 Å². The number of nitrogens with one attached hydrogen (secondary N) is 4. The molecule has 0 saturated carbocycles. The van der Waals surface area contributed by atoms with Crippen molar-refractivity contribution in [2.75, 3.05) is 29.1 Å². The van der Waals surface area contributed by atoms with E-state index in [-0.39, 0.29) is 5.82 Å². The predicted molar refractivity (Wildman–Crippen MR) is 83.2 cm³/mol. The topological polar surface area (TPSA) is 73.9 Å². The van der Waals surface area contributed by atoms with E-state index < -0.39 is 0 Å². The van der Waals surface area contributed by atoms with Gasteiger partial charge in [0.1, 0.15) is 11.6 Å². The summed E-state index contributed by atoms with van der Waals surface area (Å²) < 4.78 is 12.9. The number of hydrogen-bond acceptors (Lipinski definition) is 6. The normalized spacial score (nSPS) is 18.3. The van der Waals surface area contributed by atoms with Gasteiger partial charge in [-0.2, -0.15) is 9.97 Å². The molecule has 2 aliphatic rings. The molecule has 3 heterocycles. The molecular weight excluding hydrogens is 283 g/mol. The van der Waals surface area contributed by atoms with Crippen molar-refractivity contribution in [3.05, 3.63) is 41.2 Å². The van der Waals surface area contributed by atoms with Crippen LogP contribution in [-0.4, -0.2) is 23.1 Å². The molecule has 0 saturated heterocycles. The molecule has 0 fully saturated rings. The van der Waals surface area contributed by atoms with Crippen LogP contribution in [0.5, 0.6) is 0 Å². The molecule has 1 aromatic heterocycles. The quantitative estimate of drug-likeness (QED) is 0.693. The zero-order valence-electron chi connectivity index (χ0n) is 12.0. The Kier molecular flexibility index (Phi) is 3.27. The van der Waals surface area contributed by atoms with Crippen molar-refractivity contribution < 1.29 is 4.39 Å². The minimum Gasteiger partial charge on any atom is -0.369 e. The Hall–Kier alpha value is -2.41. The lowest BCUT2D eigenvalue weighted by atomic mass is 10.0. The summed E-state index contributed by atoms with van der Waals surface area (Å²) in [6.07, 6.45) is 1.81. The molecular formula is C15H17FN6. The Balaban J connectivity index is 1.44. The number of hydrogen-bond donors (Lipinski definition) is 4. The first kappa shape index (κ1) is 13.3. The molecule has 1 unspecified atom stereocenters. The van der Waals surface area contributed by atoms with E-state index in [0.29, 0.717) is 18.5 Å². The van der Waals surface area contributed by atoms with E-state index in [2.05, 4.69) is 31.5 Å². The van der Waals surface area contributed by atoms with Crippen molar-refractivity contribution in [3.63, 3.8) is 0 Å². The van der Waals surface area contributed by atoms with Crippen LogP contribution in [0.2, 0.25) is 0 Å². The minimum absolute atomic E-state index is 0.211. The van der Waals surface area contributed by atoms with Crippen LogP contribution in [0.15, 0.2) is 24.3 Å². The van der Waals surface area contributed by atoms with Crippen molar-refractivity contribution in [3.8, 4) is 0 Å². The van der Waals surface area contributed by atoms with E-state index in [9.17, 15) is 4.39 Å². The van der Waals surface area contributed by atoms with Crippen LogP contribution in [0.3, 0.4) is 0 Å². The maximum Gasteiger partial charge on any atom is 0.226 e. The van der Waals surface area contributed by atoms with Crippen molar-refractivity contribution in [2.24, 2.45) is 0 Å². The van der Waals surface area contributed by atoms with E-state index in [1.54, 1.807) is 12.1 Å². The fraction of sp³-hybridized carbons (Fsp3) is 0.333. The zero-order valence-corrected chi connectivity index (χ0v) is 12.0. The van der Waals surface area contributed by atoms with E-state index >= 15 is 0 Å². The second-order valence-electron chi connectivity index (χ2n) is 5.50. The number of benzene rings is 1. The summed E-state index contributed by atoms with van der Waals surface area (Å²) in [5.74, 6) is 2.12. The molecule has 0 bridgehead atoms. The highest BCUT2D eigenvalue weighted by Gasteiger charge is 2.30. The monoisotopic (exact) mass is 300 g/mol. The van der Waals surface area contributed by atoms with E-state index in [4.69, 9.17) is 0 Å².